The van der Waals surface area contributed by atoms with E-state index in [-0.39, 0.29) is 18.3 Å². The Balaban J connectivity index is 2.01. The van der Waals surface area contributed by atoms with Crippen molar-refractivity contribution in [2.75, 3.05) is 0 Å². The zero-order valence-corrected chi connectivity index (χ0v) is 13.5. The molecule has 0 aromatic heterocycles. The van der Waals surface area contributed by atoms with Crippen LogP contribution in [0.15, 0.2) is 10.5 Å². The number of rotatable bonds is 2. The molecule has 18 heavy (non-hydrogen) atoms. The van der Waals surface area contributed by atoms with Crippen molar-refractivity contribution < 1.29 is 9.31 Å². The lowest BCUT2D eigenvalue weighted by atomic mass is 9.83. The van der Waals surface area contributed by atoms with E-state index in [1.807, 2.05) is 0 Å². The summed E-state index contributed by atoms with van der Waals surface area (Å²) in [6.07, 6.45) is 6.65. The lowest BCUT2D eigenvalue weighted by molar-refractivity contribution is 0.00578. The maximum Gasteiger partial charge on any atom is 0.487 e. The summed E-state index contributed by atoms with van der Waals surface area (Å²) in [7, 11) is -0.216. The molecule has 0 aromatic carbocycles. The molecular formula is C14H24BBrO2. The van der Waals surface area contributed by atoms with Gasteiger partial charge in [0.05, 0.1) is 11.2 Å². The Kier molecular flexibility index (Phi) is 4.30. The van der Waals surface area contributed by atoms with Gasteiger partial charge < -0.3 is 9.31 Å². The molecule has 2 rings (SSSR count). The van der Waals surface area contributed by atoms with E-state index >= 15 is 0 Å². The van der Waals surface area contributed by atoms with E-state index < -0.39 is 0 Å². The van der Waals surface area contributed by atoms with E-state index in [2.05, 4.69) is 49.6 Å². The standard InChI is InChI=1S/C14H24BBrO2/c1-13(2)14(3,4)18-15(17-13)10-12(16)11-8-6-5-7-9-11/h10-11H,5-9H2,1-4H3/b12-10-. The quantitative estimate of drug-likeness (QED) is 0.700. The molecule has 2 fully saturated rings. The van der Waals surface area contributed by atoms with Crippen molar-refractivity contribution >= 4 is 23.0 Å². The molecule has 102 valence electrons. The van der Waals surface area contributed by atoms with E-state index in [0.29, 0.717) is 5.92 Å². The van der Waals surface area contributed by atoms with Crippen LogP contribution in [-0.4, -0.2) is 18.3 Å². The van der Waals surface area contributed by atoms with Crippen molar-refractivity contribution in [3.05, 3.63) is 10.5 Å². The highest BCUT2D eigenvalue weighted by Crippen LogP contribution is 2.39. The molecule has 0 amide bonds. The summed E-state index contributed by atoms with van der Waals surface area (Å²) in [4.78, 5) is 0. The van der Waals surface area contributed by atoms with Gasteiger partial charge in [0.1, 0.15) is 0 Å². The highest BCUT2D eigenvalue weighted by molar-refractivity contribution is 9.11. The predicted octanol–water partition coefficient (Wildman–Crippen LogP) is 4.48. The van der Waals surface area contributed by atoms with Crippen molar-refractivity contribution in [3.8, 4) is 0 Å². The molecule has 2 aliphatic rings. The third-order valence-corrected chi connectivity index (χ3v) is 5.47. The number of halogens is 1. The minimum Gasteiger partial charge on any atom is -0.400 e. The Morgan fingerprint density at radius 2 is 1.56 bits per heavy atom. The van der Waals surface area contributed by atoms with Crippen LogP contribution in [0.2, 0.25) is 0 Å². The normalized spacial score (nSPS) is 28.7. The second kappa shape index (κ2) is 5.30. The lowest BCUT2D eigenvalue weighted by Crippen LogP contribution is -2.41. The van der Waals surface area contributed by atoms with Gasteiger partial charge in [0, 0.05) is 0 Å². The van der Waals surface area contributed by atoms with Gasteiger partial charge in [-0.25, -0.2) is 0 Å². The van der Waals surface area contributed by atoms with Gasteiger partial charge >= 0.3 is 7.12 Å². The molecule has 0 bridgehead atoms. The summed E-state index contributed by atoms with van der Waals surface area (Å²) in [5, 5.41) is 0. The van der Waals surface area contributed by atoms with Gasteiger partial charge in [0.15, 0.2) is 0 Å². The van der Waals surface area contributed by atoms with Crippen LogP contribution < -0.4 is 0 Å². The van der Waals surface area contributed by atoms with Crippen LogP contribution in [0.4, 0.5) is 0 Å². The molecule has 1 aliphatic heterocycles. The van der Waals surface area contributed by atoms with Crippen molar-refractivity contribution in [1.29, 1.82) is 0 Å². The number of allylic oxidation sites excluding steroid dienone is 1. The molecule has 0 atom stereocenters. The minimum absolute atomic E-state index is 0.216. The van der Waals surface area contributed by atoms with Crippen LogP contribution in [0.3, 0.4) is 0 Å². The van der Waals surface area contributed by atoms with E-state index in [0.717, 1.165) is 0 Å². The SMILES string of the molecule is CC1(C)OB(/C=C(\Br)C2CCCCC2)OC1(C)C. The summed E-state index contributed by atoms with van der Waals surface area (Å²) in [6, 6.07) is 0. The summed E-state index contributed by atoms with van der Waals surface area (Å²) in [5.41, 5.74) is -0.484. The maximum atomic E-state index is 6.00. The van der Waals surface area contributed by atoms with E-state index in [4.69, 9.17) is 9.31 Å². The Bertz CT molecular complexity index is 317. The third-order valence-electron chi connectivity index (χ3n) is 4.56. The first-order valence-electron chi connectivity index (χ1n) is 7.05. The van der Waals surface area contributed by atoms with Gasteiger partial charge in [-0.15, -0.1) is 0 Å². The summed E-state index contributed by atoms with van der Waals surface area (Å²) in [5.74, 6) is 2.78. The minimum atomic E-state index is -0.242. The second-order valence-corrected chi connectivity index (χ2v) is 7.43. The van der Waals surface area contributed by atoms with Crippen LogP contribution >= 0.6 is 15.9 Å². The smallest absolute Gasteiger partial charge is 0.400 e. The van der Waals surface area contributed by atoms with Gasteiger partial charge in [-0.05, 0) is 56.9 Å². The zero-order valence-electron chi connectivity index (χ0n) is 12.0. The predicted molar refractivity (Wildman–Crippen MR) is 79.7 cm³/mol. The van der Waals surface area contributed by atoms with Crippen LogP contribution in [0.25, 0.3) is 0 Å². The molecule has 0 N–H and O–H groups in total. The average Bonchev–Trinajstić information content (AvgIpc) is 2.48. The van der Waals surface area contributed by atoms with E-state index in [1.165, 1.54) is 36.6 Å². The van der Waals surface area contributed by atoms with Gasteiger partial charge in [-0.1, -0.05) is 35.2 Å². The molecule has 1 saturated carbocycles. The van der Waals surface area contributed by atoms with Gasteiger partial charge in [-0.3, -0.25) is 0 Å². The molecular weight excluding hydrogens is 291 g/mol. The Hall–Kier alpha value is 0.205. The lowest BCUT2D eigenvalue weighted by Gasteiger charge is -2.32. The highest BCUT2D eigenvalue weighted by atomic mass is 79.9. The molecule has 4 heteroatoms. The first-order chi connectivity index (χ1) is 8.32. The monoisotopic (exact) mass is 314 g/mol. The van der Waals surface area contributed by atoms with Crippen molar-refractivity contribution in [1.82, 2.24) is 0 Å². The number of hydrogen-bond donors (Lipinski definition) is 0. The fraction of sp³-hybridized carbons (Fsp3) is 0.857. The number of hydrogen-bond acceptors (Lipinski definition) is 2. The summed E-state index contributed by atoms with van der Waals surface area (Å²) < 4.78 is 13.3. The average molecular weight is 315 g/mol. The van der Waals surface area contributed by atoms with Gasteiger partial charge in [0.2, 0.25) is 0 Å². The van der Waals surface area contributed by atoms with E-state index in [1.54, 1.807) is 0 Å². The molecule has 1 aliphatic carbocycles. The fourth-order valence-electron chi connectivity index (χ4n) is 2.60. The topological polar surface area (TPSA) is 18.5 Å². The third kappa shape index (κ3) is 3.02. The molecule has 0 radical (unpaired) electrons. The van der Waals surface area contributed by atoms with Crippen LogP contribution in [0.1, 0.15) is 59.8 Å². The van der Waals surface area contributed by atoms with Crippen LogP contribution in [0, 0.1) is 5.92 Å². The first-order valence-corrected chi connectivity index (χ1v) is 7.84. The fourth-order valence-corrected chi connectivity index (χ4v) is 3.27. The van der Waals surface area contributed by atoms with Crippen molar-refractivity contribution in [3.63, 3.8) is 0 Å². The molecule has 0 unspecified atom stereocenters. The van der Waals surface area contributed by atoms with E-state index in [9.17, 15) is 0 Å². The summed E-state index contributed by atoms with van der Waals surface area (Å²) >= 11 is 3.73. The van der Waals surface area contributed by atoms with Gasteiger partial charge in [-0.2, -0.15) is 0 Å². The molecule has 0 aromatic rings. The molecule has 2 nitrogen and oxygen atoms in total. The maximum absolute atomic E-state index is 6.00. The highest BCUT2D eigenvalue weighted by Gasteiger charge is 2.50. The second-order valence-electron chi connectivity index (χ2n) is 6.51. The molecule has 1 heterocycles. The Morgan fingerprint density at radius 3 is 2.06 bits per heavy atom. The first kappa shape index (κ1) is 14.6. The van der Waals surface area contributed by atoms with Crippen molar-refractivity contribution in [2.24, 2.45) is 5.92 Å². The Labute approximate surface area is 120 Å². The van der Waals surface area contributed by atoms with Crippen LogP contribution in [0.5, 0.6) is 0 Å². The molecule has 1 saturated heterocycles. The van der Waals surface area contributed by atoms with Crippen molar-refractivity contribution in [2.45, 2.75) is 71.0 Å². The van der Waals surface area contributed by atoms with Gasteiger partial charge in [0.25, 0.3) is 0 Å². The summed E-state index contributed by atoms with van der Waals surface area (Å²) in [6.45, 7) is 8.37. The zero-order chi connectivity index (χ0) is 13.4. The molecule has 0 spiro atoms. The largest absolute Gasteiger partial charge is 0.487 e. The Morgan fingerprint density at radius 1 is 1.06 bits per heavy atom. The van der Waals surface area contributed by atoms with Crippen LogP contribution in [-0.2, 0) is 9.31 Å².